The average molecular weight is 499 g/mol. The van der Waals surface area contributed by atoms with Crippen molar-refractivity contribution < 1.29 is 14.4 Å². The number of hydrazone groups is 1. The van der Waals surface area contributed by atoms with Crippen LogP contribution in [-0.4, -0.2) is 28.9 Å². The molecule has 184 valence electrons. The lowest BCUT2D eigenvalue weighted by Crippen LogP contribution is -2.54. The number of benzene rings is 3. The minimum atomic E-state index is -1.03. The van der Waals surface area contributed by atoms with Crippen molar-refractivity contribution in [3.63, 3.8) is 0 Å². The topological polar surface area (TPSA) is 91.7 Å². The van der Waals surface area contributed by atoms with E-state index in [4.69, 9.17) is 0 Å². The third kappa shape index (κ3) is 2.93. The Kier molecular flexibility index (Phi) is 4.88. The first-order valence-corrected chi connectivity index (χ1v) is 12.5. The van der Waals surface area contributed by atoms with Crippen LogP contribution in [0.3, 0.4) is 0 Å². The van der Waals surface area contributed by atoms with E-state index in [9.17, 15) is 14.4 Å². The molecule has 3 aliphatic carbocycles. The van der Waals surface area contributed by atoms with E-state index in [0.717, 1.165) is 22.3 Å². The van der Waals surface area contributed by atoms with Crippen LogP contribution >= 0.6 is 0 Å². The van der Waals surface area contributed by atoms with Crippen LogP contribution in [0.1, 0.15) is 38.5 Å². The largest absolute Gasteiger partial charge is 0.274 e. The van der Waals surface area contributed by atoms with Crippen LogP contribution in [0, 0.1) is 11.8 Å². The van der Waals surface area contributed by atoms with Gasteiger partial charge in [-0.25, -0.2) is 10.3 Å². The van der Waals surface area contributed by atoms with Crippen molar-refractivity contribution in [1.29, 1.82) is 0 Å². The molecule has 4 aromatic rings. The van der Waals surface area contributed by atoms with Gasteiger partial charge in [0.25, 0.3) is 5.91 Å². The number of pyridine rings is 1. The van der Waals surface area contributed by atoms with Gasteiger partial charge in [-0.05, 0) is 46.5 Å². The number of carbonyl (C=O) groups excluding carboxylic acids is 3. The lowest BCUT2D eigenvalue weighted by Gasteiger charge is -2.52. The van der Waals surface area contributed by atoms with E-state index in [2.05, 4.69) is 15.5 Å². The number of carbonyl (C=O) groups is 3. The molecule has 0 spiro atoms. The van der Waals surface area contributed by atoms with Gasteiger partial charge in [0.05, 0.1) is 22.9 Å². The SMILES string of the molecule is O=C(N/N=C\C12c3ccccc3C(c3ccccc31)[C@@H]1C(=O)N(c3ccccc3)C(=O)[C@@H]12)c1ccncc1. The summed E-state index contributed by atoms with van der Waals surface area (Å²) in [5.74, 6) is -2.39. The smallest absolute Gasteiger partial charge is 0.271 e. The number of hydrogen-bond acceptors (Lipinski definition) is 5. The molecule has 7 heteroatoms. The highest BCUT2D eigenvalue weighted by Gasteiger charge is 2.68. The third-order valence-corrected chi connectivity index (χ3v) is 8.08. The highest BCUT2D eigenvalue weighted by atomic mass is 16.2. The molecule has 3 amide bonds. The first-order valence-electron chi connectivity index (χ1n) is 12.5. The molecule has 2 atom stereocenters. The molecule has 7 nitrogen and oxygen atoms in total. The summed E-state index contributed by atoms with van der Waals surface area (Å²) >= 11 is 0. The quantitative estimate of drug-likeness (QED) is 0.261. The molecule has 1 aromatic heterocycles. The molecule has 2 bridgehead atoms. The van der Waals surface area contributed by atoms with E-state index in [1.54, 1.807) is 30.5 Å². The minimum Gasteiger partial charge on any atom is -0.274 e. The molecule has 1 fully saturated rings. The summed E-state index contributed by atoms with van der Waals surface area (Å²) < 4.78 is 0. The Morgan fingerprint density at radius 3 is 2.08 bits per heavy atom. The van der Waals surface area contributed by atoms with Crippen molar-refractivity contribution in [2.24, 2.45) is 16.9 Å². The second-order valence-corrected chi connectivity index (χ2v) is 9.81. The first kappa shape index (κ1) is 22.3. The van der Waals surface area contributed by atoms with Gasteiger partial charge in [0.1, 0.15) is 0 Å². The van der Waals surface area contributed by atoms with E-state index in [1.165, 1.54) is 17.3 Å². The van der Waals surface area contributed by atoms with Gasteiger partial charge in [0, 0.05) is 30.1 Å². The molecule has 3 aromatic carbocycles. The predicted molar refractivity (Wildman–Crippen MR) is 142 cm³/mol. The molecular weight excluding hydrogens is 476 g/mol. The first-order chi connectivity index (χ1) is 18.6. The molecule has 4 aliphatic rings. The summed E-state index contributed by atoms with van der Waals surface area (Å²) in [6.45, 7) is 0. The summed E-state index contributed by atoms with van der Waals surface area (Å²) in [5, 5.41) is 4.43. The summed E-state index contributed by atoms with van der Waals surface area (Å²) in [7, 11) is 0. The van der Waals surface area contributed by atoms with Crippen molar-refractivity contribution in [2.45, 2.75) is 11.3 Å². The van der Waals surface area contributed by atoms with Crippen LogP contribution in [0.4, 0.5) is 5.69 Å². The fourth-order valence-electron chi connectivity index (χ4n) is 6.64. The van der Waals surface area contributed by atoms with E-state index < -0.39 is 17.3 Å². The number of imide groups is 1. The van der Waals surface area contributed by atoms with E-state index in [-0.39, 0.29) is 23.6 Å². The molecule has 1 N–H and O–H groups in total. The van der Waals surface area contributed by atoms with Gasteiger partial charge in [0.15, 0.2) is 0 Å². The highest BCUT2D eigenvalue weighted by molar-refractivity contribution is 6.25. The Bertz CT molecular complexity index is 1590. The molecule has 0 radical (unpaired) electrons. The molecule has 1 aliphatic heterocycles. The summed E-state index contributed by atoms with van der Waals surface area (Å²) in [6, 6.07) is 28.2. The summed E-state index contributed by atoms with van der Waals surface area (Å²) in [4.78, 5) is 46.4. The van der Waals surface area contributed by atoms with Gasteiger partial charge in [-0.3, -0.25) is 19.4 Å². The number of nitrogens with one attached hydrogen (secondary N) is 1. The van der Waals surface area contributed by atoms with Crippen LogP contribution in [0.5, 0.6) is 0 Å². The maximum absolute atomic E-state index is 14.2. The molecule has 38 heavy (non-hydrogen) atoms. The lowest BCUT2D eigenvalue weighted by molar-refractivity contribution is -0.122. The number of para-hydroxylation sites is 1. The van der Waals surface area contributed by atoms with Gasteiger partial charge >= 0.3 is 0 Å². The van der Waals surface area contributed by atoms with E-state index in [1.807, 2.05) is 66.7 Å². The zero-order valence-corrected chi connectivity index (χ0v) is 20.2. The van der Waals surface area contributed by atoms with Crippen molar-refractivity contribution in [3.05, 3.63) is 131 Å². The Hall–Kier alpha value is -4.91. The highest BCUT2D eigenvalue weighted by Crippen LogP contribution is 2.63. The van der Waals surface area contributed by atoms with Crippen LogP contribution in [-0.2, 0) is 15.0 Å². The average Bonchev–Trinajstić information content (AvgIpc) is 3.24. The fraction of sp³-hybridized carbons (Fsp3) is 0.129. The van der Waals surface area contributed by atoms with E-state index >= 15 is 0 Å². The van der Waals surface area contributed by atoms with Gasteiger partial charge in [-0.15, -0.1) is 0 Å². The Labute approximate surface area is 218 Å². The fourth-order valence-corrected chi connectivity index (χ4v) is 6.64. The standard InChI is InChI=1S/C31H22N4O3/c36-28(19-14-16-32-17-15-19)34-33-18-31-23-12-6-4-10-21(23)25(22-11-5-7-13-24(22)31)26-27(31)30(38)35(29(26)37)20-8-2-1-3-9-20/h1-18,25-27H,(H,34,36)/b33-18-/t25?,26-,27+,31?/m0/s1. The second-order valence-electron chi connectivity index (χ2n) is 9.81. The van der Waals surface area contributed by atoms with Crippen molar-refractivity contribution >= 4 is 29.6 Å². The predicted octanol–water partition coefficient (Wildman–Crippen LogP) is 4.05. The van der Waals surface area contributed by atoms with Gasteiger partial charge < -0.3 is 0 Å². The van der Waals surface area contributed by atoms with Crippen molar-refractivity contribution in [2.75, 3.05) is 4.90 Å². The van der Waals surface area contributed by atoms with Crippen molar-refractivity contribution in [3.8, 4) is 0 Å². The third-order valence-electron chi connectivity index (χ3n) is 8.08. The van der Waals surface area contributed by atoms with Crippen molar-refractivity contribution in [1.82, 2.24) is 10.4 Å². The van der Waals surface area contributed by atoms with Gasteiger partial charge in [0.2, 0.25) is 11.8 Å². The zero-order valence-electron chi connectivity index (χ0n) is 20.2. The Morgan fingerprint density at radius 1 is 0.816 bits per heavy atom. The molecule has 0 saturated carbocycles. The van der Waals surface area contributed by atoms with Gasteiger partial charge in [-0.1, -0.05) is 66.7 Å². The minimum absolute atomic E-state index is 0.209. The monoisotopic (exact) mass is 498 g/mol. The Morgan fingerprint density at radius 2 is 1.42 bits per heavy atom. The zero-order chi connectivity index (χ0) is 25.9. The van der Waals surface area contributed by atoms with Crippen LogP contribution in [0.15, 0.2) is 108 Å². The summed E-state index contributed by atoms with van der Waals surface area (Å²) in [5.41, 5.74) is 6.46. The number of aromatic nitrogens is 1. The summed E-state index contributed by atoms with van der Waals surface area (Å²) in [6.07, 6.45) is 4.74. The van der Waals surface area contributed by atoms with Gasteiger partial charge in [-0.2, -0.15) is 5.10 Å². The molecule has 8 rings (SSSR count). The molecular formula is C31H22N4O3. The Balaban J connectivity index is 1.42. The molecule has 2 heterocycles. The normalized spacial score (nSPS) is 24.7. The van der Waals surface area contributed by atoms with Crippen LogP contribution < -0.4 is 10.3 Å². The number of anilines is 1. The second kappa shape index (κ2) is 8.31. The molecule has 1 saturated heterocycles. The van der Waals surface area contributed by atoms with Crippen LogP contribution in [0.25, 0.3) is 0 Å². The van der Waals surface area contributed by atoms with E-state index in [0.29, 0.717) is 11.3 Å². The maximum Gasteiger partial charge on any atom is 0.271 e. The number of rotatable bonds is 4. The lowest BCUT2D eigenvalue weighted by atomic mass is 9.47. The number of nitrogens with zero attached hydrogens (tertiary/aromatic N) is 3. The van der Waals surface area contributed by atoms with Crippen LogP contribution in [0.2, 0.25) is 0 Å². The number of amides is 3. The maximum atomic E-state index is 14.2. The number of hydrogen-bond donors (Lipinski definition) is 1. The molecule has 0 unspecified atom stereocenters.